The largest absolute Gasteiger partial charge is 0.385 e. The van der Waals surface area contributed by atoms with E-state index in [-0.39, 0.29) is 0 Å². The first-order valence-corrected chi connectivity index (χ1v) is 6.86. The minimum absolute atomic E-state index is 0.757. The second-order valence-electron chi connectivity index (χ2n) is 4.01. The average Bonchev–Trinajstić information content (AvgIpc) is 2.27. The first-order valence-electron chi connectivity index (χ1n) is 5.64. The molecule has 1 unspecified atom stereocenters. The summed E-state index contributed by atoms with van der Waals surface area (Å²) in [6.07, 6.45) is 4.68. The van der Waals surface area contributed by atoms with Crippen LogP contribution in [-0.2, 0) is 0 Å². The van der Waals surface area contributed by atoms with Crippen LogP contribution in [0.4, 0.5) is 5.69 Å². The fourth-order valence-electron chi connectivity index (χ4n) is 1.62. The van der Waals surface area contributed by atoms with E-state index in [0.717, 1.165) is 12.5 Å². The summed E-state index contributed by atoms with van der Waals surface area (Å²) in [6, 6.07) is 8.60. The van der Waals surface area contributed by atoms with Crippen molar-refractivity contribution in [2.24, 2.45) is 5.92 Å². The van der Waals surface area contributed by atoms with Gasteiger partial charge in [-0.25, -0.2) is 0 Å². The summed E-state index contributed by atoms with van der Waals surface area (Å²) in [6.45, 7) is 5.62. The van der Waals surface area contributed by atoms with Gasteiger partial charge < -0.3 is 5.32 Å². The maximum atomic E-state index is 3.49. The number of thioether (sulfide) groups is 1. The lowest BCUT2D eigenvalue weighted by Gasteiger charge is -2.12. The van der Waals surface area contributed by atoms with Crippen molar-refractivity contribution in [1.29, 1.82) is 0 Å². The van der Waals surface area contributed by atoms with Gasteiger partial charge in [0.2, 0.25) is 0 Å². The maximum Gasteiger partial charge on any atom is 0.0351 e. The number of benzene rings is 1. The molecule has 0 fully saturated rings. The van der Waals surface area contributed by atoms with E-state index in [9.17, 15) is 0 Å². The zero-order valence-corrected chi connectivity index (χ0v) is 10.7. The van der Waals surface area contributed by atoms with Crippen LogP contribution in [0.15, 0.2) is 29.2 Å². The van der Waals surface area contributed by atoms with E-state index in [1.165, 1.54) is 23.4 Å². The van der Waals surface area contributed by atoms with Gasteiger partial charge in [-0.3, -0.25) is 0 Å². The van der Waals surface area contributed by atoms with Gasteiger partial charge in [-0.15, -0.1) is 11.8 Å². The molecular formula is C13H21NS. The van der Waals surface area contributed by atoms with Crippen molar-refractivity contribution in [1.82, 2.24) is 0 Å². The average molecular weight is 223 g/mol. The molecule has 0 amide bonds. The molecule has 0 spiro atoms. The Labute approximate surface area is 97.7 Å². The number of anilines is 1. The highest BCUT2D eigenvalue weighted by Gasteiger charge is 2.00. The molecule has 0 saturated heterocycles. The number of hydrogen-bond donors (Lipinski definition) is 1. The zero-order chi connectivity index (χ0) is 11.1. The summed E-state index contributed by atoms with van der Waals surface area (Å²) < 4.78 is 0. The van der Waals surface area contributed by atoms with Gasteiger partial charge in [-0.05, 0) is 36.8 Å². The Balaban J connectivity index is 2.43. The molecule has 0 heterocycles. The van der Waals surface area contributed by atoms with Gasteiger partial charge in [0.1, 0.15) is 0 Å². The summed E-state index contributed by atoms with van der Waals surface area (Å²) in [5.41, 5.74) is 1.24. The summed E-state index contributed by atoms with van der Waals surface area (Å²) in [7, 11) is 0. The predicted molar refractivity (Wildman–Crippen MR) is 70.8 cm³/mol. The topological polar surface area (TPSA) is 12.0 Å². The Kier molecular flexibility index (Phi) is 5.62. The molecule has 0 aliphatic carbocycles. The maximum absolute atomic E-state index is 3.49. The lowest BCUT2D eigenvalue weighted by atomic mass is 10.1. The summed E-state index contributed by atoms with van der Waals surface area (Å²) in [5.74, 6) is 0.757. The second-order valence-corrected chi connectivity index (χ2v) is 4.89. The third kappa shape index (κ3) is 4.61. The van der Waals surface area contributed by atoms with Gasteiger partial charge in [0.15, 0.2) is 0 Å². The molecule has 1 rings (SSSR count). The number of hydrogen-bond acceptors (Lipinski definition) is 2. The predicted octanol–water partition coefficient (Wildman–Crippen LogP) is 4.26. The molecule has 0 aromatic heterocycles. The molecule has 2 heteroatoms. The van der Waals surface area contributed by atoms with Gasteiger partial charge in [0.05, 0.1) is 0 Å². The van der Waals surface area contributed by atoms with E-state index in [4.69, 9.17) is 0 Å². The first-order chi connectivity index (χ1) is 7.26. The quantitative estimate of drug-likeness (QED) is 0.723. The molecule has 0 radical (unpaired) electrons. The number of nitrogens with one attached hydrogen (secondary N) is 1. The molecule has 1 aromatic carbocycles. The highest BCUT2D eigenvalue weighted by atomic mass is 32.2. The lowest BCUT2D eigenvalue weighted by Crippen LogP contribution is -2.10. The molecule has 1 aromatic rings. The van der Waals surface area contributed by atoms with Gasteiger partial charge in [-0.2, -0.15) is 0 Å². The van der Waals surface area contributed by atoms with E-state index < -0.39 is 0 Å². The van der Waals surface area contributed by atoms with Crippen LogP contribution in [0.25, 0.3) is 0 Å². The molecule has 0 bridgehead atoms. The standard InChI is InChI=1S/C13H21NS/c1-4-6-11(2)10-14-12-7-5-8-13(9-12)15-3/h5,7-9,11,14H,4,6,10H2,1-3H3. The third-order valence-electron chi connectivity index (χ3n) is 2.51. The Morgan fingerprint density at radius 2 is 2.20 bits per heavy atom. The van der Waals surface area contributed by atoms with Crippen LogP contribution < -0.4 is 5.32 Å². The molecule has 0 aliphatic rings. The fourth-order valence-corrected chi connectivity index (χ4v) is 2.08. The molecule has 84 valence electrons. The van der Waals surface area contributed by atoms with E-state index in [0.29, 0.717) is 0 Å². The van der Waals surface area contributed by atoms with Crippen LogP contribution in [0.5, 0.6) is 0 Å². The van der Waals surface area contributed by atoms with Crippen LogP contribution >= 0.6 is 11.8 Å². The molecule has 0 aliphatic heterocycles. The Morgan fingerprint density at radius 3 is 2.87 bits per heavy atom. The van der Waals surface area contributed by atoms with E-state index >= 15 is 0 Å². The summed E-state index contributed by atoms with van der Waals surface area (Å²) in [4.78, 5) is 1.32. The van der Waals surface area contributed by atoms with Crippen molar-refractivity contribution >= 4 is 17.4 Å². The summed E-state index contributed by atoms with van der Waals surface area (Å²) in [5, 5.41) is 3.49. The first kappa shape index (κ1) is 12.4. The normalized spacial score (nSPS) is 12.5. The third-order valence-corrected chi connectivity index (χ3v) is 3.23. The van der Waals surface area contributed by atoms with Gasteiger partial charge in [0.25, 0.3) is 0 Å². The lowest BCUT2D eigenvalue weighted by molar-refractivity contribution is 0.551. The van der Waals surface area contributed by atoms with Gasteiger partial charge >= 0.3 is 0 Å². The smallest absolute Gasteiger partial charge is 0.0351 e. The van der Waals surface area contributed by atoms with Crippen LogP contribution in [0.2, 0.25) is 0 Å². The zero-order valence-electron chi connectivity index (χ0n) is 9.92. The van der Waals surface area contributed by atoms with Crippen molar-refractivity contribution in [2.45, 2.75) is 31.6 Å². The van der Waals surface area contributed by atoms with Crippen molar-refractivity contribution < 1.29 is 0 Å². The Morgan fingerprint density at radius 1 is 1.40 bits per heavy atom. The fraction of sp³-hybridized carbons (Fsp3) is 0.538. The van der Waals surface area contributed by atoms with E-state index in [2.05, 4.69) is 49.7 Å². The van der Waals surface area contributed by atoms with Crippen LogP contribution in [0.3, 0.4) is 0 Å². The molecule has 1 N–H and O–H groups in total. The minimum atomic E-state index is 0.757. The Hall–Kier alpha value is -0.630. The summed E-state index contributed by atoms with van der Waals surface area (Å²) >= 11 is 1.79. The minimum Gasteiger partial charge on any atom is -0.385 e. The second kappa shape index (κ2) is 6.78. The van der Waals surface area contributed by atoms with Gasteiger partial charge in [0, 0.05) is 17.1 Å². The molecule has 0 saturated carbocycles. The van der Waals surface area contributed by atoms with Crippen molar-refractivity contribution in [2.75, 3.05) is 18.1 Å². The molecule has 15 heavy (non-hydrogen) atoms. The molecule has 1 nitrogen and oxygen atoms in total. The van der Waals surface area contributed by atoms with Crippen LogP contribution in [0.1, 0.15) is 26.7 Å². The van der Waals surface area contributed by atoms with Crippen molar-refractivity contribution in [3.8, 4) is 0 Å². The van der Waals surface area contributed by atoms with Crippen molar-refractivity contribution in [3.63, 3.8) is 0 Å². The number of rotatable bonds is 6. The molecular weight excluding hydrogens is 202 g/mol. The SMILES string of the molecule is CCCC(C)CNc1cccc(SC)c1. The molecule has 1 atom stereocenters. The highest BCUT2D eigenvalue weighted by Crippen LogP contribution is 2.19. The highest BCUT2D eigenvalue weighted by molar-refractivity contribution is 7.98. The monoisotopic (exact) mass is 223 g/mol. The van der Waals surface area contributed by atoms with Crippen molar-refractivity contribution in [3.05, 3.63) is 24.3 Å². The Bertz CT molecular complexity index is 286. The van der Waals surface area contributed by atoms with Crippen LogP contribution in [-0.4, -0.2) is 12.8 Å². The van der Waals surface area contributed by atoms with Gasteiger partial charge in [-0.1, -0.05) is 26.3 Å². The van der Waals surface area contributed by atoms with E-state index in [1.807, 2.05) is 0 Å². The van der Waals surface area contributed by atoms with Crippen LogP contribution in [0, 0.1) is 5.92 Å². The van der Waals surface area contributed by atoms with E-state index in [1.54, 1.807) is 11.8 Å².